The summed E-state index contributed by atoms with van der Waals surface area (Å²) in [5, 5.41) is 8.74. The molecule has 0 aromatic heterocycles. The Kier molecular flexibility index (Phi) is 1.72. The van der Waals surface area contributed by atoms with Crippen molar-refractivity contribution in [3.05, 3.63) is 0 Å². The molecule has 2 heterocycles. The molecule has 0 aromatic rings. The van der Waals surface area contributed by atoms with Gasteiger partial charge < -0.3 is 14.7 Å². The molecular weight excluding hydrogens is 158 g/mol. The zero-order valence-electron chi connectivity index (χ0n) is 6.95. The van der Waals surface area contributed by atoms with Gasteiger partial charge in [0.05, 0.1) is 12.2 Å². The molecule has 2 rings (SSSR count). The van der Waals surface area contributed by atoms with Gasteiger partial charge in [0.2, 0.25) is 0 Å². The first-order valence-electron chi connectivity index (χ1n) is 4.34. The highest BCUT2D eigenvalue weighted by molar-refractivity contribution is 5.64. The van der Waals surface area contributed by atoms with E-state index in [1.54, 1.807) is 0 Å². The van der Waals surface area contributed by atoms with Crippen LogP contribution in [0, 0.1) is 0 Å². The second-order valence-corrected chi connectivity index (χ2v) is 3.59. The molecule has 0 radical (unpaired) electrons. The van der Waals surface area contributed by atoms with Crippen molar-refractivity contribution in [3.8, 4) is 0 Å². The van der Waals surface area contributed by atoms with Crippen LogP contribution in [0.2, 0.25) is 0 Å². The molecule has 1 amide bonds. The summed E-state index contributed by atoms with van der Waals surface area (Å²) >= 11 is 0. The fraction of sp³-hybridized carbons (Fsp3) is 0.875. The van der Waals surface area contributed by atoms with E-state index in [1.165, 1.54) is 4.90 Å². The summed E-state index contributed by atoms with van der Waals surface area (Å²) < 4.78 is 5.33. The van der Waals surface area contributed by atoms with Crippen molar-refractivity contribution in [2.75, 3.05) is 19.7 Å². The van der Waals surface area contributed by atoms with Gasteiger partial charge in [-0.05, 0) is 19.3 Å². The molecule has 0 bridgehead atoms. The highest BCUT2D eigenvalue weighted by Crippen LogP contribution is 2.37. The molecule has 1 N–H and O–H groups in total. The van der Waals surface area contributed by atoms with Crippen LogP contribution < -0.4 is 0 Å². The molecule has 1 spiro atoms. The first-order valence-corrected chi connectivity index (χ1v) is 4.34. The fourth-order valence-corrected chi connectivity index (χ4v) is 1.75. The Morgan fingerprint density at radius 3 is 2.75 bits per heavy atom. The standard InChI is InChI=1S/C8H13NO3/c10-7(11)9-4-1-2-8(3-5-9)6-12-8/h1-6H2,(H,10,11). The van der Waals surface area contributed by atoms with Gasteiger partial charge in [-0.25, -0.2) is 4.79 Å². The van der Waals surface area contributed by atoms with Gasteiger partial charge in [-0.2, -0.15) is 0 Å². The molecule has 4 nitrogen and oxygen atoms in total. The van der Waals surface area contributed by atoms with Crippen molar-refractivity contribution in [2.45, 2.75) is 24.9 Å². The zero-order valence-corrected chi connectivity index (χ0v) is 6.95. The minimum Gasteiger partial charge on any atom is -0.465 e. The summed E-state index contributed by atoms with van der Waals surface area (Å²) in [4.78, 5) is 12.1. The Bertz CT molecular complexity index is 200. The average molecular weight is 171 g/mol. The van der Waals surface area contributed by atoms with Crippen LogP contribution in [0.25, 0.3) is 0 Å². The van der Waals surface area contributed by atoms with Crippen molar-refractivity contribution < 1.29 is 14.6 Å². The van der Waals surface area contributed by atoms with Crippen LogP contribution in [-0.2, 0) is 4.74 Å². The molecule has 2 aliphatic rings. The van der Waals surface area contributed by atoms with Crippen molar-refractivity contribution >= 4 is 6.09 Å². The van der Waals surface area contributed by atoms with Crippen LogP contribution in [0.15, 0.2) is 0 Å². The molecule has 68 valence electrons. The topological polar surface area (TPSA) is 53.1 Å². The van der Waals surface area contributed by atoms with Gasteiger partial charge in [0, 0.05) is 13.1 Å². The molecule has 2 saturated heterocycles. The molecule has 4 heteroatoms. The zero-order chi connectivity index (χ0) is 8.60. The number of ether oxygens (including phenoxy) is 1. The lowest BCUT2D eigenvalue weighted by atomic mass is 10.0. The van der Waals surface area contributed by atoms with E-state index in [-0.39, 0.29) is 5.60 Å². The van der Waals surface area contributed by atoms with E-state index >= 15 is 0 Å². The summed E-state index contributed by atoms with van der Waals surface area (Å²) in [6, 6.07) is 0. The number of carboxylic acid groups (broad SMARTS) is 1. The van der Waals surface area contributed by atoms with Crippen LogP contribution in [-0.4, -0.2) is 41.4 Å². The van der Waals surface area contributed by atoms with Gasteiger partial charge >= 0.3 is 6.09 Å². The largest absolute Gasteiger partial charge is 0.465 e. The molecule has 0 aliphatic carbocycles. The lowest BCUT2D eigenvalue weighted by Crippen LogP contribution is -2.30. The van der Waals surface area contributed by atoms with E-state index in [0.717, 1.165) is 25.9 Å². The molecular formula is C8H13NO3. The second-order valence-electron chi connectivity index (χ2n) is 3.59. The number of hydrogen-bond donors (Lipinski definition) is 1. The number of rotatable bonds is 0. The minimum absolute atomic E-state index is 0.0736. The highest BCUT2D eigenvalue weighted by atomic mass is 16.6. The number of likely N-dealkylation sites (tertiary alicyclic amines) is 1. The molecule has 12 heavy (non-hydrogen) atoms. The van der Waals surface area contributed by atoms with E-state index in [4.69, 9.17) is 9.84 Å². The average Bonchev–Trinajstić information content (AvgIpc) is 2.80. The minimum atomic E-state index is -0.798. The Hall–Kier alpha value is -0.770. The number of hydrogen-bond acceptors (Lipinski definition) is 2. The van der Waals surface area contributed by atoms with Gasteiger partial charge in [0.1, 0.15) is 0 Å². The predicted octanol–water partition coefficient (Wildman–Crippen LogP) is 0.919. The van der Waals surface area contributed by atoms with Gasteiger partial charge in [-0.1, -0.05) is 0 Å². The fourth-order valence-electron chi connectivity index (χ4n) is 1.75. The Morgan fingerprint density at radius 1 is 1.42 bits per heavy atom. The Balaban J connectivity index is 1.93. The summed E-state index contributed by atoms with van der Waals surface area (Å²) in [6.45, 7) is 2.14. The lowest BCUT2D eigenvalue weighted by Gasteiger charge is -2.15. The third kappa shape index (κ3) is 1.39. The van der Waals surface area contributed by atoms with E-state index in [1.807, 2.05) is 0 Å². The van der Waals surface area contributed by atoms with Crippen LogP contribution in [0.1, 0.15) is 19.3 Å². The predicted molar refractivity (Wildman–Crippen MR) is 42.1 cm³/mol. The molecule has 1 atom stereocenters. The van der Waals surface area contributed by atoms with Crippen molar-refractivity contribution in [2.24, 2.45) is 0 Å². The number of carbonyl (C=O) groups is 1. The molecule has 1 unspecified atom stereocenters. The van der Waals surface area contributed by atoms with Crippen molar-refractivity contribution in [3.63, 3.8) is 0 Å². The van der Waals surface area contributed by atoms with Crippen LogP contribution in [0.4, 0.5) is 4.79 Å². The highest BCUT2D eigenvalue weighted by Gasteiger charge is 2.45. The van der Waals surface area contributed by atoms with Crippen LogP contribution in [0.3, 0.4) is 0 Å². The van der Waals surface area contributed by atoms with Crippen molar-refractivity contribution in [1.82, 2.24) is 4.90 Å². The molecule has 2 aliphatic heterocycles. The first-order chi connectivity index (χ1) is 5.72. The van der Waals surface area contributed by atoms with Crippen molar-refractivity contribution in [1.29, 1.82) is 0 Å². The maximum atomic E-state index is 10.6. The summed E-state index contributed by atoms with van der Waals surface area (Å²) in [6.07, 6.45) is 2.04. The summed E-state index contributed by atoms with van der Waals surface area (Å²) in [5.74, 6) is 0. The van der Waals surface area contributed by atoms with Crippen LogP contribution in [0.5, 0.6) is 0 Å². The summed E-state index contributed by atoms with van der Waals surface area (Å²) in [5.41, 5.74) is 0.0736. The van der Waals surface area contributed by atoms with E-state index in [0.29, 0.717) is 13.1 Å². The third-order valence-corrected chi connectivity index (χ3v) is 2.72. The van der Waals surface area contributed by atoms with Gasteiger partial charge in [-0.15, -0.1) is 0 Å². The van der Waals surface area contributed by atoms with E-state index in [9.17, 15) is 4.79 Å². The molecule has 2 fully saturated rings. The molecule has 0 saturated carbocycles. The maximum absolute atomic E-state index is 10.6. The quantitative estimate of drug-likeness (QED) is 0.551. The number of amides is 1. The van der Waals surface area contributed by atoms with Gasteiger partial charge in [0.25, 0.3) is 0 Å². The van der Waals surface area contributed by atoms with E-state index in [2.05, 4.69) is 0 Å². The number of nitrogens with zero attached hydrogens (tertiary/aromatic N) is 1. The van der Waals surface area contributed by atoms with E-state index < -0.39 is 6.09 Å². The number of epoxide rings is 1. The third-order valence-electron chi connectivity index (χ3n) is 2.72. The smallest absolute Gasteiger partial charge is 0.407 e. The Morgan fingerprint density at radius 2 is 2.17 bits per heavy atom. The maximum Gasteiger partial charge on any atom is 0.407 e. The first kappa shape index (κ1) is 7.86. The Labute approximate surface area is 71.1 Å². The lowest BCUT2D eigenvalue weighted by molar-refractivity contribution is 0.146. The molecule has 0 aromatic carbocycles. The summed E-state index contributed by atoms with van der Waals surface area (Å²) in [7, 11) is 0. The normalized spacial score (nSPS) is 34.8. The van der Waals surface area contributed by atoms with Gasteiger partial charge in [0.15, 0.2) is 0 Å². The monoisotopic (exact) mass is 171 g/mol. The SMILES string of the molecule is O=C(O)N1CCCC2(CC1)CO2. The van der Waals surface area contributed by atoms with Gasteiger partial charge in [-0.3, -0.25) is 0 Å². The van der Waals surface area contributed by atoms with Crippen LogP contribution >= 0.6 is 0 Å². The second kappa shape index (κ2) is 2.62.